The molecule has 0 saturated heterocycles. The monoisotopic (exact) mass is 389 g/mol. The molecule has 138 valence electrons. The number of esters is 1. The van der Waals surface area contributed by atoms with Gasteiger partial charge in [0.2, 0.25) is 5.91 Å². The zero-order valence-electron chi connectivity index (χ0n) is 15.3. The highest BCUT2D eigenvalue weighted by atomic mass is 32.2. The van der Waals surface area contributed by atoms with Gasteiger partial charge < -0.3 is 10.1 Å². The number of thioether (sulfide) groups is 1. The molecule has 1 amide bonds. The number of hydrogen-bond acceptors (Lipinski definition) is 5. The number of rotatable bonds is 8. The van der Waals surface area contributed by atoms with E-state index in [1.165, 1.54) is 28.7 Å². The van der Waals surface area contributed by atoms with Crippen molar-refractivity contribution in [1.82, 2.24) is 0 Å². The van der Waals surface area contributed by atoms with Crippen LogP contribution in [0.3, 0.4) is 0 Å². The van der Waals surface area contributed by atoms with Crippen molar-refractivity contribution in [3.63, 3.8) is 0 Å². The number of benzene rings is 1. The van der Waals surface area contributed by atoms with Crippen LogP contribution in [-0.2, 0) is 9.53 Å². The molecular formula is C20H23NO3S2. The highest BCUT2D eigenvalue weighted by molar-refractivity contribution is 8.00. The molecule has 2 aromatic rings. The SMILES string of the molecule is C=CCSCC(=O)Nc1scc(-c2ccc(C)c(C)c2)c1C(=O)OCC. The minimum Gasteiger partial charge on any atom is -0.462 e. The third kappa shape index (κ3) is 4.99. The first-order valence-electron chi connectivity index (χ1n) is 8.32. The number of anilines is 1. The second kappa shape index (κ2) is 9.59. The molecule has 0 unspecified atom stereocenters. The molecule has 0 aliphatic heterocycles. The van der Waals surface area contributed by atoms with E-state index in [1.54, 1.807) is 13.0 Å². The zero-order chi connectivity index (χ0) is 19.1. The molecule has 0 spiro atoms. The third-order valence-electron chi connectivity index (χ3n) is 3.81. The summed E-state index contributed by atoms with van der Waals surface area (Å²) in [6.07, 6.45) is 1.75. The Morgan fingerprint density at radius 2 is 2.08 bits per heavy atom. The Morgan fingerprint density at radius 1 is 1.31 bits per heavy atom. The van der Waals surface area contributed by atoms with E-state index >= 15 is 0 Å². The van der Waals surface area contributed by atoms with Gasteiger partial charge in [0.15, 0.2) is 0 Å². The Labute approximate surface area is 162 Å². The average Bonchev–Trinajstić information content (AvgIpc) is 3.01. The van der Waals surface area contributed by atoms with Crippen LogP contribution in [0.5, 0.6) is 0 Å². The van der Waals surface area contributed by atoms with E-state index in [-0.39, 0.29) is 12.5 Å². The summed E-state index contributed by atoms with van der Waals surface area (Å²) >= 11 is 2.81. The first-order chi connectivity index (χ1) is 12.5. The molecule has 2 rings (SSSR count). The fourth-order valence-electron chi connectivity index (χ4n) is 2.37. The lowest BCUT2D eigenvalue weighted by Crippen LogP contribution is -2.16. The first-order valence-corrected chi connectivity index (χ1v) is 10.4. The third-order valence-corrected chi connectivity index (χ3v) is 5.64. The molecule has 0 radical (unpaired) electrons. The summed E-state index contributed by atoms with van der Waals surface area (Å²) in [6.45, 7) is 9.77. The van der Waals surface area contributed by atoms with E-state index in [9.17, 15) is 9.59 Å². The molecule has 0 aliphatic carbocycles. The van der Waals surface area contributed by atoms with Crippen molar-refractivity contribution in [3.05, 3.63) is 52.9 Å². The number of ether oxygens (including phenoxy) is 1. The van der Waals surface area contributed by atoms with E-state index in [0.29, 0.717) is 22.1 Å². The van der Waals surface area contributed by atoms with Crippen molar-refractivity contribution >= 4 is 40.0 Å². The van der Waals surface area contributed by atoms with E-state index in [4.69, 9.17) is 4.74 Å². The van der Waals surface area contributed by atoms with Crippen molar-refractivity contribution in [2.45, 2.75) is 20.8 Å². The first kappa shape index (κ1) is 20.3. The number of aryl methyl sites for hydroxylation is 2. The predicted molar refractivity (Wildman–Crippen MR) is 111 cm³/mol. The van der Waals surface area contributed by atoms with Crippen molar-refractivity contribution in [1.29, 1.82) is 0 Å². The molecule has 0 fully saturated rings. The number of carbonyl (C=O) groups excluding carboxylic acids is 2. The van der Waals surface area contributed by atoms with E-state index < -0.39 is 5.97 Å². The van der Waals surface area contributed by atoms with Gasteiger partial charge in [0, 0.05) is 16.7 Å². The van der Waals surface area contributed by atoms with Gasteiger partial charge >= 0.3 is 5.97 Å². The normalized spacial score (nSPS) is 10.4. The van der Waals surface area contributed by atoms with E-state index in [1.807, 2.05) is 37.4 Å². The minimum absolute atomic E-state index is 0.143. The molecule has 1 N–H and O–H groups in total. The molecule has 0 saturated carbocycles. The Morgan fingerprint density at radius 3 is 2.73 bits per heavy atom. The molecule has 26 heavy (non-hydrogen) atoms. The summed E-state index contributed by atoms with van der Waals surface area (Å²) in [7, 11) is 0. The number of nitrogens with one attached hydrogen (secondary N) is 1. The van der Waals surface area contributed by atoms with Gasteiger partial charge in [-0.05, 0) is 37.5 Å². The Hall–Kier alpha value is -2.05. The Balaban J connectivity index is 2.35. The van der Waals surface area contributed by atoms with Crippen molar-refractivity contribution < 1.29 is 14.3 Å². The van der Waals surface area contributed by atoms with Crippen LogP contribution in [0, 0.1) is 13.8 Å². The van der Waals surface area contributed by atoms with Gasteiger partial charge in [-0.2, -0.15) is 0 Å². The minimum atomic E-state index is -0.420. The molecule has 4 nitrogen and oxygen atoms in total. The maximum absolute atomic E-state index is 12.5. The fraction of sp³-hybridized carbons (Fsp3) is 0.300. The fourth-order valence-corrected chi connectivity index (χ4v) is 3.89. The van der Waals surface area contributed by atoms with Gasteiger partial charge in [0.25, 0.3) is 0 Å². The maximum atomic E-state index is 12.5. The smallest absolute Gasteiger partial charge is 0.341 e. The summed E-state index contributed by atoms with van der Waals surface area (Å²) in [5.41, 5.74) is 4.48. The van der Waals surface area contributed by atoms with Crippen LogP contribution in [0.4, 0.5) is 5.00 Å². The predicted octanol–water partition coefficient (Wildman–Crippen LogP) is 5.07. The van der Waals surface area contributed by atoms with Crippen molar-refractivity contribution in [2.24, 2.45) is 0 Å². The maximum Gasteiger partial charge on any atom is 0.341 e. The highest BCUT2D eigenvalue weighted by Crippen LogP contribution is 2.37. The summed E-state index contributed by atoms with van der Waals surface area (Å²) in [6, 6.07) is 6.06. The van der Waals surface area contributed by atoms with Crippen LogP contribution < -0.4 is 5.32 Å². The number of carbonyl (C=O) groups is 2. The van der Waals surface area contributed by atoms with Gasteiger partial charge in [-0.25, -0.2) is 4.79 Å². The second-order valence-electron chi connectivity index (χ2n) is 5.72. The Kier molecular flexibility index (Phi) is 7.48. The lowest BCUT2D eigenvalue weighted by Gasteiger charge is -2.10. The Bertz CT molecular complexity index is 811. The average molecular weight is 390 g/mol. The van der Waals surface area contributed by atoms with Crippen LogP contribution in [0.25, 0.3) is 11.1 Å². The summed E-state index contributed by atoms with van der Waals surface area (Å²) in [4.78, 5) is 24.7. The van der Waals surface area contributed by atoms with Crippen LogP contribution in [0.15, 0.2) is 36.2 Å². The topological polar surface area (TPSA) is 55.4 Å². The van der Waals surface area contributed by atoms with Gasteiger partial charge in [0.05, 0.1) is 12.4 Å². The summed E-state index contributed by atoms with van der Waals surface area (Å²) < 4.78 is 5.22. The van der Waals surface area contributed by atoms with E-state index in [2.05, 4.69) is 11.9 Å². The van der Waals surface area contributed by atoms with Crippen LogP contribution in [0.2, 0.25) is 0 Å². The molecule has 0 bridgehead atoms. The molecule has 6 heteroatoms. The highest BCUT2D eigenvalue weighted by Gasteiger charge is 2.23. The van der Waals surface area contributed by atoms with E-state index in [0.717, 1.165) is 16.7 Å². The van der Waals surface area contributed by atoms with Crippen LogP contribution in [-0.4, -0.2) is 30.0 Å². The lowest BCUT2D eigenvalue weighted by atomic mass is 9.99. The van der Waals surface area contributed by atoms with Gasteiger partial charge in [0.1, 0.15) is 10.6 Å². The van der Waals surface area contributed by atoms with Gasteiger partial charge in [-0.15, -0.1) is 29.7 Å². The van der Waals surface area contributed by atoms with Gasteiger partial charge in [-0.3, -0.25) is 4.79 Å². The molecule has 0 aliphatic rings. The second-order valence-corrected chi connectivity index (χ2v) is 7.63. The zero-order valence-corrected chi connectivity index (χ0v) is 16.9. The molecule has 1 aromatic heterocycles. The number of hydrogen-bond donors (Lipinski definition) is 1. The standard InChI is InChI=1S/C20H23NO3S2/c1-5-9-25-12-17(22)21-19-18(20(23)24-6-2)16(11-26-19)15-8-7-13(3)14(4)10-15/h5,7-8,10-11H,1,6,9,12H2,2-4H3,(H,21,22). The number of amides is 1. The van der Waals surface area contributed by atoms with Crippen LogP contribution in [0.1, 0.15) is 28.4 Å². The largest absolute Gasteiger partial charge is 0.462 e. The molecule has 0 atom stereocenters. The summed E-state index contributed by atoms with van der Waals surface area (Å²) in [5, 5.41) is 5.27. The van der Waals surface area contributed by atoms with Crippen molar-refractivity contribution in [2.75, 3.05) is 23.4 Å². The van der Waals surface area contributed by atoms with Gasteiger partial charge in [-0.1, -0.05) is 24.3 Å². The summed E-state index contributed by atoms with van der Waals surface area (Å²) in [5.74, 6) is 0.452. The molecule has 1 aromatic carbocycles. The van der Waals surface area contributed by atoms with Crippen LogP contribution >= 0.6 is 23.1 Å². The molecular weight excluding hydrogens is 366 g/mol. The molecule has 1 heterocycles. The lowest BCUT2D eigenvalue weighted by molar-refractivity contribution is -0.113. The number of thiophene rings is 1. The quantitative estimate of drug-likeness (QED) is 0.389. The van der Waals surface area contributed by atoms with Crippen molar-refractivity contribution in [3.8, 4) is 11.1 Å².